The van der Waals surface area contributed by atoms with Crippen molar-refractivity contribution < 1.29 is 14.3 Å². The van der Waals surface area contributed by atoms with Gasteiger partial charge < -0.3 is 20.5 Å². The maximum atomic E-state index is 11.6. The van der Waals surface area contributed by atoms with Crippen molar-refractivity contribution in [2.75, 3.05) is 26.9 Å². The Morgan fingerprint density at radius 1 is 1.48 bits per heavy atom. The molecule has 0 heterocycles. The van der Waals surface area contributed by atoms with Crippen LogP contribution in [-0.4, -0.2) is 38.8 Å². The Bertz CT molecular complexity index is 444. The number of hydrogen-bond acceptors (Lipinski definition) is 4. The average molecular weight is 337 g/mol. The Labute approximate surface area is 136 Å². The Morgan fingerprint density at radius 3 is 2.81 bits per heavy atom. The highest BCUT2D eigenvalue weighted by atomic mass is 35.5. The number of amides is 1. The zero-order valence-electron chi connectivity index (χ0n) is 12.2. The fourth-order valence-corrected chi connectivity index (χ4v) is 1.94. The molecule has 0 aromatic heterocycles. The summed E-state index contributed by atoms with van der Waals surface area (Å²) in [5, 5.41) is 3.41. The number of benzene rings is 1. The summed E-state index contributed by atoms with van der Waals surface area (Å²) >= 11 is 5.97. The third-order valence-corrected chi connectivity index (χ3v) is 2.93. The van der Waals surface area contributed by atoms with E-state index in [4.69, 9.17) is 26.8 Å². The molecule has 0 aliphatic heterocycles. The number of rotatable bonds is 8. The lowest BCUT2D eigenvalue weighted by molar-refractivity contribution is -0.123. The number of carbonyl (C=O) groups is 1. The molecule has 0 radical (unpaired) electrons. The summed E-state index contributed by atoms with van der Waals surface area (Å²) < 4.78 is 10.4. The van der Waals surface area contributed by atoms with Gasteiger partial charge in [-0.05, 0) is 37.1 Å². The van der Waals surface area contributed by atoms with Gasteiger partial charge in [0.25, 0.3) is 0 Å². The Hall–Kier alpha value is -1.01. The van der Waals surface area contributed by atoms with Crippen LogP contribution >= 0.6 is 24.0 Å². The molecule has 0 fully saturated rings. The second kappa shape index (κ2) is 10.7. The van der Waals surface area contributed by atoms with Gasteiger partial charge in [-0.15, -0.1) is 12.4 Å². The van der Waals surface area contributed by atoms with Crippen molar-refractivity contribution in [2.45, 2.75) is 19.4 Å². The number of ether oxygens (including phenoxy) is 2. The lowest BCUT2D eigenvalue weighted by atomic mass is 10.1. The number of nitrogens with one attached hydrogen (secondary N) is 1. The lowest BCUT2D eigenvalue weighted by Crippen LogP contribution is -2.44. The van der Waals surface area contributed by atoms with Crippen LogP contribution in [0.5, 0.6) is 5.75 Å². The van der Waals surface area contributed by atoms with E-state index >= 15 is 0 Å². The molecule has 0 aliphatic carbocycles. The third kappa shape index (κ3) is 7.00. The number of carbonyl (C=O) groups excluding carboxylic acids is 1. The predicted molar refractivity (Wildman–Crippen MR) is 86.4 cm³/mol. The first kappa shape index (κ1) is 20.0. The van der Waals surface area contributed by atoms with Crippen molar-refractivity contribution in [3.8, 4) is 5.75 Å². The number of halogens is 2. The van der Waals surface area contributed by atoms with Crippen LogP contribution in [0.3, 0.4) is 0 Å². The van der Waals surface area contributed by atoms with Gasteiger partial charge in [-0.2, -0.15) is 0 Å². The largest absolute Gasteiger partial charge is 0.494 e. The highest BCUT2D eigenvalue weighted by molar-refractivity contribution is 6.30. The van der Waals surface area contributed by atoms with Crippen LogP contribution in [0.1, 0.15) is 12.5 Å². The molecule has 1 atom stereocenters. The minimum absolute atomic E-state index is 0. The molecule has 1 aromatic carbocycles. The first-order chi connectivity index (χ1) is 9.58. The minimum Gasteiger partial charge on any atom is -0.494 e. The second-order valence-corrected chi connectivity index (χ2v) is 4.72. The summed E-state index contributed by atoms with van der Waals surface area (Å²) in [6.07, 6.45) is 0.626. The van der Waals surface area contributed by atoms with Gasteiger partial charge in [-0.3, -0.25) is 4.79 Å². The van der Waals surface area contributed by atoms with Crippen LogP contribution in [-0.2, 0) is 16.0 Å². The molecule has 21 heavy (non-hydrogen) atoms. The van der Waals surface area contributed by atoms with Crippen molar-refractivity contribution in [1.82, 2.24) is 5.32 Å². The summed E-state index contributed by atoms with van der Waals surface area (Å²) in [6, 6.07) is 4.81. The van der Waals surface area contributed by atoms with E-state index in [1.54, 1.807) is 6.07 Å². The highest BCUT2D eigenvalue weighted by Crippen LogP contribution is 2.23. The van der Waals surface area contributed by atoms with E-state index in [1.807, 2.05) is 19.1 Å². The van der Waals surface area contributed by atoms with Gasteiger partial charge in [0.1, 0.15) is 11.8 Å². The van der Waals surface area contributed by atoms with Crippen LogP contribution in [0, 0.1) is 0 Å². The van der Waals surface area contributed by atoms with Crippen molar-refractivity contribution in [2.24, 2.45) is 5.73 Å². The number of methoxy groups -OCH3 is 1. The normalized spacial score (nSPS) is 11.4. The Kier molecular flexibility index (Phi) is 10.2. The SMILES string of the molecule is CCOc1ccc(Cl)cc1CCNC(=O)C(N)COC.Cl. The van der Waals surface area contributed by atoms with Crippen LogP contribution < -0.4 is 15.8 Å². The van der Waals surface area contributed by atoms with E-state index < -0.39 is 6.04 Å². The lowest BCUT2D eigenvalue weighted by Gasteiger charge is -2.13. The highest BCUT2D eigenvalue weighted by Gasteiger charge is 2.12. The van der Waals surface area contributed by atoms with E-state index in [0.717, 1.165) is 11.3 Å². The van der Waals surface area contributed by atoms with Crippen molar-refractivity contribution in [3.63, 3.8) is 0 Å². The van der Waals surface area contributed by atoms with Gasteiger partial charge in [0.2, 0.25) is 5.91 Å². The Morgan fingerprint density at radius 2 is 2.19 bits per heavy atom. The van der Waals surface area contributed by atoms with Crippen molar-refractivity contribution in [1.29, 1.82) is 0 Å². The van der Waals surface area contributed by atoms with Crippen LogP contribution in [0.4, 0.5) is 0 Å². The second-order valence-electron chi connectivity index (χ2n) is 4.29. The van der Waals surface area contributed by atoms with E-state index in [2.05, 4.69) is 5.32 Å². The molecule has 0 spiro atoms. The van der Waals surface area contributed by atoms with E-state index in [1.165, 1.54) is 7.11 Å². The maximum Gasteiger partial charge on any atom is 0.239 e. The van der Waals surface area contributed by atoms with Crippen molar-refractivity contribution in [3.05, 3.63) is 28.8 Å². The van der Waals surface area contributed by atoms with Gasteiger partial charge in [-0.1, -0.05) is 11.6 Å². The number of hydrogen-bond donors (Lipinski definition) is 2. The van der Waals surface area contributed by atoms with Crippen LogP contribution in [0.25, 0.3) is 0 Å². The number of nitrogens with two attached hydrogens (primary N) is 1. The van der Waals surface area contributed by atoms with Gasteiger partial charge in [0, 0.05) is 18.7 Å². The predicted octanol–water partition coefficient (Wildman–Crippen LogP) is 1.79. The van der Waals surface area contributed by atoms with Gasteiger partial charge in [0.05, 0.1) is 13.2 Å². The zero-order chi connectivity index (χ0) is 15.0. The summed E-state index contributed by atoms with van der Waals surface area (Å²) in [5.41, 5.74) is 6.58. The molecule has 1 unspecified atom stereocenters. The maximum absolute atomic E-state index is 11.6. The third-order valence-electron chi connectivity index (χ3n) is 2.70. The molecule has 3 N–H and O–H groups in total. The molecule has 0 saturated heterocycles. The summed E-state index contributed by atoms with van der Waals surface area (Å²) in [6.45, 7) is 3.17. The zero-order valence-corrected chi connectivity index (χ0v) is 13.8. The fraction of sp³-hybridized carbons (Fsp3) is 0.500. The first-order valence-electron chi connectivity index (χ1n) is 6.52. The van der Waals surface area contributed by atoms with Crippen LogP contribution in [0.15, 0.2) is 18.2 Å². The summed E-state index contributed by atoms with van der Waals surface area (Å²) in [4.78, 5) is 11.6. The summed E-state index contributed by atoms with van der Waals surface area (Å²) in [7, 11) is 1.51. The van der Waals surface area contributed by atoms with Gasteiger partial charge in [0.15, 0.2) is 0 Å². The van der Waals surface area contributed by atoms with E-state index in [-0.39, 0.29) is 24.9 Å². The summed E-state index contributed by atoms with van der Waals surface area (Å²) in [5.74, 6) is 0.555. The Balaban J connectivity index is 0.00000400. The molecule has 120 valence electrons. The molecule has 0 saturated carbocycles. The molecule has 7 heteroatoms. The quantitative estimate of drug-likeness (QED) is 0.759. The monoisotopic (exact) mass is 336 g/mol. The smallest absolute Gasteiger partial charge is 0.239 e. The molecule has 1 rings (SSSR count). The molecule has 0 bridgehead atoms. The van der Waals surface area contributed by atoms with Gasteiger partial charge in [-0.25, -0.2) is 0 Å². The van der Waals surface area contributed by atoms with Gasteiger partial charge >= 0.3 is 0 Å². The molecule has 1 aromatic rings. The topological polar surface area (TPSA) is 73.6 Å². The van der Waals surface area contributed by atoms with E-state index in [9.17, 15) is 4.79 Å². The molecular formula is C14H22Cl2N2O3. The minimum atomic E-state index is -0.647. The molecule has 5 nitrogen and oxygen atoms in total. The molecule has 1 amide bonds. The fourth-order valence-electron chi connectivity index (χ4n) is 1.75. The standard InChI is InChI=1S/C14H21ClN2O3.ClH/c1-3-20-13-5-4-11(15)8-10(13)6-7-17-14(18)12(16)9-19-2;/h4-5,8,12H,3,6-7,9,16H2,1-2H3,(H,17,18);1H. The average Bonchev–Trinajstić information content (AvgIpc) is 2.42. The van der Waals surface area contributed by atoms with E-state index in [0.29, 0.717) is 24.6 Å². The van der Waals surface area contributed by atoms with Crippen LogP contribution in [0.2, 0.25) is 5.02 Å². The molecular weight excluding hydrogens is 315 g/mol. The molecule has 0 aliphatic rings. The first-order valence-corrected chi connectivity index (χ1v) is 6.89. The van der Waals surface area contributed by atoms with Crippen molar-refractivity contribution >= 4 is 29.9 Å².